The van der Waals surface area contributed by atoms with Gasteiger partial charge in [0, 0.05) is 45.3 Å². The summed E-state index contributed by atoms with van der Waals surface area (Å²) in [6.07, 6.45) is 5.26. The highest BCUT2D eigenvalue weighted by Gasteiger charge is 2.29. The van der Waals surface area contributed by atoms with Crippen LogP contribution in [0.25, 0.3) is 0 Å². The van der Waals surface area contributed by atoms with Gasteiger partial charge < -0.3 is 14.4 Å². The van der Waals surface area contributed by atoms with Crippen LogP contribution in [0.15, 0.2) is 24.3 Å². The smallest absolute Gasteiger partial charge is 0.272 e. The molecule has 1 aliphatic carbocycles. The molecule has 0 unspecified atom stereocenters. The molecule has 4 rings (SSSR count). The van der Waals surface area contributed by atoms with E-state index in [0.29, 0.717) is 6.61 Å². The Balaban J connectivity index is 1.23. The van der Waals surface area contributed by atoms with Crippen molar-refractivity contribution >= 4 is 5.91 Å². The summed E-state index contributed by atoms with van der Waals surface area (Å²) in [5, 5.41) is 4.61. The number of benzene rings is 1. The largest absolute Gasteiger partial charge is 0.493 e. The minimum atomic E-state index is 0.146. The number of amides is 1. The van der Waals surface area contributed by atoms with Gasteiger partial charge in [0.15, 0.2) is 11.5 Å². The van der Waals surface area contributed by atoms with Crippen molar-refractivity contribution in [3.8, 4) is 11.5 Å². The Morgan fingerprint density at radius 2 is 1.80 bits per heavy atom. The number of rotatable bonds is 7. The Kier molecular flexibility index (Phi) is 6.57. The van der Waals surface area contributed by atoms with Crippen molar-refractivity contribution in [2.45, 2.75) is 32.1 Å². The molecule has 7 nitrogen and oxygen atoms in total. The minimum Gasteiger partial charge on any atom is -0.493 e. The first-order valence-corrected chi connectivity index (χ1v) is 11.0. The molecular formula is C23H32N4O3. The van der Waals surface area contributed by atoms with Gasteiger partial charge in [0.05, 0.1) is 19.4 Å². The molecule has 1 aliphatic heterocycles. The van der Waals surface area contributed by atoms with E-state index in [0.717, 1.165) is 81.3 Å². The van der Waals surface area contributed by atoms with Crippen molar-refractivity contribution in [2.75, 3.05) is 46.4 Å². The lowest BCUT2D eigenvalue weighted by atomic mass is 9.95. The van der Waals surface area contributed by atoms with Gasteiger partial charge in [0.2, 0.25) is 0 Å². The van der Waals surface area contributed by atoms with Crippen molar-refractivity contribution in [2.24, 2.45) is 7.05 Å². The van der Waals surface area contributed by atoms with Crippen LogP contribution in [0, 0.1) is 0 Å². The van der Waals surface area contributed by atoms with Gasteiger partial charge in [-0.1, -0.05) is 12.1 Å². The Hall–Kier alpha value is -2.54. The molecule has 0 N–H and O–H groups in total. The predicted octanol–water partition coefficient (Wildman–Crippen LogP) is 2.53. The molecule has 2 aromatic rings. The molecule has 2 aliphatic rings. The molecule has 1 fully saturated rings. The number of carbonyl (C=O) groups excluding carboxylic acids is 1. The van der Waals surface area contributed by atoms with E-state index >= 15 is 0 Å². The highest BCUT2D eigenvalue weighted by atomic mass is 16.5. The van der Waals surface area contributed by atoms with Crippen LogP contribution >= 0.6 is 0 Å². The van der Waals surface area contributed by atoms with Crippen LogP contribution in [0.3, 0.4) is 0 Å². The van der Waals surface area contributed by atoms with Gasteiger partial charge in [0.25, 0.3) is 5.91 Å². The molecular weight excluding hydrogens is 380 g/mol. The average molecular weight is 413 g/mol. The summed E-state index contributed by atoms with van der Waals surface area (Å²) in [5.74, 6) is 1.70. The molecule has 1 saturated heterocycles. The van der Waals surface area contributed by atoms with E-state index in [1.807, 2.05) is 36.2 Å². The summed E-state index contributed by atoms with van der Waals surface area (Å²) in [6, 6.07) is 7.73. The second-order valence-corrected chi connectivity index (χ2v) is 8.09. The van der Waals surface area contributed by atoms with Gasteiger partial charge in [-0.25, -0.2) is 0 Å². The molecule has 0 bridgehead atoms. The molecule has 1 aromatic carbocycles. The number of methoxy groups -OCH3 is 1. The molecule has 30 heavy (non-hydrogen) atoms. The Morgan fingerprint density at radius 3 is 2.57 bits per heavy atom. The van der Waals surface area contributed by atoms with Crippen LogP contribution in [-0.2, 0) is 19.9 Å². The number of carbonyl (C=O) groups is 1. The Morgan fingerprint density at radius 1 is 1.07 bits per heavy atom. The third kappa shape index (κ3) is 4.46. The fourth-order valence-corrected chi connectivity index (χ4v) is 4.48. The average Bonchev–Trinajstić information content (AvgIpc) is 3.12. The molecule has 1 aromatic heterocycles. The highest BCUT2D eigenvalue weighted by Crippen LogP contribution is 2.26. The van der Waals surface area contributed by atoms with Crippen LogP contribution in [0.1, 0.15) is 41.0 Å². The van der Waals surface area contributed by atoms with E-state index in [4.69, 9.17) is 9.47 Å². The first-order chi connectivity index (χ1) is 14.7. The number of piperazine rings is 1. The zero-order valence-electron chi connectivity index (χ0n) is 18.1. The van der Waals surface area contributed by atoms with Crippen molar-refractivity contribution in [1.29, 1.82) is 0 Å². The van der Waals surface area contributed by atoms with Gasteiger partial charge in [-0.3, -0.25) is 14.4 Å². The second-order valence-electron chi connectivity index (χ2n) is 8.09. The number of para-hydroxylation sites is 2. The summed E-state index contributed by atoms with van der Waals surface area (Å²) in [5.41, 5.74) is 3.12. The normalized spacial score (nSPS) is 16.9. The van der Waals surface area contributed by atoms with Crippen LogP contribution < -0.4 is 9.47 Å². The van der Waals surface area contributed by atoms with Crippen LogP contribution in [0.2, 0.25) is 0 Å². The first-order valence-electron chi connectivity index (χ1n) is 11.0. The van der Waals surface area contributed by atoms with E-state index in [-0.39, 0.29) is 5.91 Å². The van der Waals surface area contributed by atoms with Crippen LogP contribution in [-0.4, -0.2) is 71.9 Å². The Labute approximate surface area is 178 Å². The summed E-state index contributed by atoms with van der Waals surface area (Å²) < 4.78 is 13.0. The first kappa shape index (κ1) is 20.7. The van der Waals surface area contributed by atoms with E-state index in [1.54, 1.807) is 11.8 Å². The highest BCUT2D eigenvalue weighted by molar-refractivity contribution is 5.94. The standard InChI is InChI=1S/C23H32N4O3/c1-25-22(18-8-3-4-9-19(18)24-25)23(28)27-15-13-26(14-16-27)12-7-17-30-21-11-6-5-10-20(21)29-2/h5-6,10-11H,3-4,7-9,12-17H2,1-2H3. The molecule has 2 heterocycles. The van der Waals surface area contributed by atoms with E-state index in [2.05, 4.69) is 10.00 Å². The summed E-state index contributed by atoms with van der Waals surface area (Å²) in [4.78, 5) is 17.6. The SMILES string of the molecule is COc1ccccc1OCCCN1CCN(C(=O)c2c3c(nn2C)CCCC3)CC1. The van der Waals surface area contributed by atoms with Crippen molar-refractivity contribution in [3.05, 3.63) is 41.2 Å². The quantitative estimate of drug-likeness (QED) is 0.654. The summed E-state index contributed by atoms with van der Waals surface area (Å²) >= 11 is 0. The third-order valence-electron chi connectivity index (χ3n) is 6.13. The number of fused-ring (bicyclic) bond motifs is 1. The van der Waals surface area contributed by atoms with Crippen molar-refractivity contribution in [3.63, 3.8) is 0 Å². The number of aryl methyl sites for hydroxylation is 2. The second kappa shape index (κ2) is 9.51. The van der Waals surface area contributed by atoms with Crippen LogP contribution in [0.4, 0.5) is 0 Å². The molecule has 0 atom stereocenters. The number of aromatic nitrogens is 2. The fraction of sp³-hybridized carbons (Fsp3) is 0.565. The maximum atomic E-state index is 13.2. The maximum absolute atomic E-state index is 13.2. The molecule has 1 amide bonds. The molecule has 0 radical (unpaired) electrons. The Bertz CT molecular complexity index is 871. The van der Waals surface area contributed by atoms with E-state index < -0.39 is 0 Å². The monoisotopic (exact) mass is 412 g/mol. The van der Waals surface area contributed by atoms with Crippen LogP contribution in [0.5, 0.6) is 11.5 Å². The van der Waals surface area contributed by atoms with E-state index in [9.17, 15) is 4.79 Å². The minimum absolute atomic E-state index is 0.146. The third-order valence-corrected chi connectivity index (χ3v) is 6.13. The number of hydrogen-bond acceptors (Lipinski definition) is 5. The topological polar surface area (TPSA) is 59.8 Å². The molecule has 7 heteroatoms. The lowest BCUT2D eigenvalue weighted by molar-refractivity contribution is 0.0618. The van der Waals surface area contributed by atoms with Crippen molar-refractivity contribution in [1.82, 2.24) is 19.6 Å². The molecule has 0 spiro atoms. The lowest BCUT2D eigenvalue weighted by Gasteiger charge is -2.35. The zero-order valence-corrected chi connectivity index (χ0v) is 18.1. The summed E-state index contributed by atoms with van der Waals surface area (Å²) in [6.45, 7) is 4.97. The van der Waals surface area contributed by atoms with Crippen molar-refractivity contribution < 1.29 is 14.3 Å². The maximum Gasteiger partial charge on any atom is 0.272 e. The molecule has 162 valence electrons. The van der Waals surface area contributed by atoms with E-state index in [1.165, 1.54) is 12.0 Å². The number of ether oxygens (including phenoxy) is 2. The van der Waals surface area contributed by atoms with Gasteiger partial charge >= 0.3 is 0 Å². The van der Waals surface area contributed by atoms with Gasteiger partial charge in [-0.2, -0.15) is 5.10 Å². The lowest BCUT2D eigenvalue weighted by Crippen LogP contribution is -2.49. The van der Waals surface area contributed by atoms with Gasteiger partial charge in [0.1, 0.15) is 5.69 Å². The molecule has 0 saturated carbocycles. The van der Waals surface area contributed by atoms with Gasteiger partial charge in [-0.15, -0.1) is 0 Å². The summed E-state index contributed by atoms with van der Waals surface area (Å²) in [7, 11) is 3.56. The number of hydrogen-bond donors (Lipinski definition) is 0. The van der Waals surface area contributed by atoms with Gasteiger partial charge in [-0.05, 0) is 44.2 Å². The fourth-order valence-electron chi connectivity index (χ4n) is 4.48. The predicted molar refractivity (Wildman–Crippen MR) is 115 cm³/mol. The zero-order chi connectivity index (χ0) is 20.9. The number of nitrogens with zero attached hydrogens (tertiary/aromatic N) is 4.